The molecule has 2 rings (SSSR count). The summed E-state index contributed by atoms with van der Waals surface area (Å²) in [6.45, 7) is -0.594. The monoisotopic (exact) mass is 361 g/mol. The van der Waals surface area contributed by atoms with E-state index < -0.39 is 42.8 Å². The van der Waals surface area contributed by atoms with Gasteiger partial charge in [0, 0.05) is 7.05 Å². The number of rotatable bonds is 5. The van der Waals surface area contributed by atoms with E-state index in [4.69, 9.17) is 4.74 Å². The Labute approximate surface area is 141 Å². The number of carbonyl (C=O) groups excluding carboxylic acids is 1. The number of ether oxygens (including phenoxy) is 1. The van der Waals surface area contributed by atoms with Crippen LogP contribution in [0.5, 0.6) is 0 Å². The molecule has 10 nitrogen and oxygen atoms in total. The van der Waals surface area contributed by atoms with E-state index in [9.17, 15) is 30.0 Å². The predicted molar refractivity (Wildman–Crippen MR) is 84.0 cm³/mol. The quantitative estimate of drug-likeness (QED) is 0.216. The summed E-state index contributed by atoms with van der Waals surface area (Å²) in [5, 5.41) is 41.6. The summed E-state index contributed by atoms with van der Waals surface area (Å²) in [5.74, 6) is -0.123. The van der Waals surface area contributed by atoms with E-state index in [0.29, 0.717) is 11.4 Å². The number of aliphatic hydroxyl groups excluding tert-OH is 4. The van der Waals surface area contributed by atoms with Gasteiger partial charge in [0.25, 0.3) is 5.56 Å². The lowest BCUT2D eigenvalue weighted by molar-refractivity contribution is -0.221. The van der Waals surface area contributed by atoms with Crippen molar-refractivity contribution in [2.75, 3.05) is 18.2 Å². The van der Waals surface area contributed by atoms with E-state index in [2.05, 4.69) is 10.3 Å². The minimum atomic E-state index is -1.58. The van der Waals surface area contributed by atoms with Crippen LogP contribution >= 0.6 is 11.8 Å². The molecule has 1 saturated heterocycles. The number of hydrogen-bond donors (Lipinski definition) is 5. The molecule has 0 bridgehead atoms. The first-order valence-electron chi connectivity index (χ1n) is 7.03. The van der Waals surface area contributed by atoms with Crippen molar-refractivity contribution in [3.05, 3.63) is 15.9 Å². The van der Waals surface area contributed by atoms with Crippen LogP contribution in [-0.4, -0.2) is 79.8 Å². The third kappa shape index (κ3) is 3.31. The largest absolute Gasteiger partial charge is 0.394 e. The summed E-state index contributed by atoms with van der Waals surface area (Å²) in [6, 6.07) is 0. The number of aliphatic hydroxyl groups is 4. The summed E-state index contributed by atoms with van der Waals surface area (Å²) in [4.78, 5) is 27.5. The van der Waals surface area contributed by atoms with Crippen LogP contribution in [0.1, 0.15) is 10.4 Å². The molecule has 1 aromatic rings. The lowest BCUT2D eigenvalue weighted by Crippen LogP contribution is -2.60. The zero-order valence-corrected chi connectivity index (χ0v) is 13.8. The van der Waals surface area contributed by atoms with Crippen molar-refractivity contribution < 1.29 is 30.0 Å². The van der Waals surface area contributed by atoms with Gasteiger partial charge in [-0.15, -0.1) is 0 Å². The molecule has 2 heterocycles. The van der Waals surface area contributed by atoms with Crippen molar-refractivity contribution in [1.82, 2.24) is 9.55 Å². The molecule has 5 N–H and O–H groups in total. The van der Waals surface area contributed by atoms with Gasteiger partial charge in [-0.2, -0.15) is 0 Å². The van der Waals surface area contributed by atoms with Crippen LogP contribution in [-0.2, 0) is 11.8 Å². The van der Waals surface area contributed by atoms with Crippen LogP contribution in [0.3, 0.4) is 0 Å². The van der Waals surface area contributed by atoms with E-state index in [-0.39, 0.29) is 11.4 Å². The molecule has 0 spiro atoms. The summed E-state index contributed by atoms with van der Waals surface area (Å²) in [6.07, 6.45) is -5.04. The highest BCUT2D eigenvalue weighted by Gasteiger charge is 2.43. The van der Waals surface area contributed by atoms with Gasteiger partial charge in [-0.1, -0.05) is 11.8 Å². The Kier molecular flexibility index (Phi) is 5.96. The van der Waals surface area contributed by atoms with Crippen molar-refractivity contribution in [2.24, 2.45) is 7.05 Å². The fourth-order valence-corrected chi connectivity index (χ4v) is 2.89. The van der Waals surface area contributed by atoms with Gasteiger partial charge in [0.05, 0.1) is 6.61 Å². The molecule has 1 aliphatic rings. The Bertz CT molecular complexity index is 666. The van der Waals surface area contributed by atoms with Crippen molar-refractivity contribution in [3.8, 4) is 0 Å². The molecule has 0 saturated carbocycles. The van der Waals surface area contributed by atoms with E-state index in [0.717, 1.165) is 0 Å². The van der Waals surface area contributed by atoms with E-state index in [1.54, 1.807) is 6.26 Å². The molecular weight excluding hydrogens is 342 g/mol. The van der Waals surface area contributed by atoms with Gasteiger partial charge in [0.2, 0.25) is 0 Å². The van der Waals surface area contributed by atoms with Gasteiger partial charge in [-0.05, 0) is 6.26 Å². The first-order valence-corrected chi connectivity index (χ1v) is 8.25. The zero-order chi connectivity index (χ0) is 18.0. The first-order chi connectivity index (χ1) is 11.3. The first kappa shape index (κ1) is 18.8. The molecular formula is C13H19N3O7S. The van der Waals surface area contributed by atoms with Gasteiger partial charge in [-0.3, -0.25) is 14.2 Å². The van der Waals surface area contributed by atoms with Crippen LogP contribution in [0.25, 0.3) is 0 Å². The normalized spacial score (nSPS) is 30.2. The maximum absolute atomic E-state index is 12.2. The highest BCUT2D eigenvalue weighted by molar-refractivity contribution is 7.98. The number of anilines is 1. The predicted octanol–water partition coefficient (Wildman–Crippen LogP) is -2.47. The number of nitrogens with one attached hydrogen (secondary N) is 1. The molecule has 1 aliphatic heterocycles. The molecule has 5 atom stereocenters. The number of thioether (sulfide) groups is 1. The summed E-state index contributed by atoms with van der Waals surface area (Å²) in [5.41, 5.74) is -0.858. The third-order valence-electron chi connectivity index (χ3n) is 3.76. The van der Waals surface area contributed by atoms with Crippen LogP contribution in [0, 0.1) is 0 Å². The molecule has 0 amide bonds. The average molecular weight is 361 g/mol. The van der Waals surface area contributed by atoms with Crippen LogP contribution in [0.15, 0.2) is 9.95 Å². The maximum atomic E-state index is 12.2. The Morgan fingerprint density at radius 3 is 2.54 bits per heavy atom. The number of aromatic nitrogens is 2. The molecule has 0 radical (unpaired) electrons. The second-order valence-corrected chi connectivity index (χ2v) is 6.01. The smallest absolute Gasteiger partial charge is 0.266 e. The molecule has 0 aromatic carbocycles. The van der Waals surface area contributed by atoms with Crippen LogP contribution in [0.4, 0.5) is 5.82 Å². The average Bonchev–Trinajstić information content (AvgIpc) is 2.58. The van der Waals surface area contributed by atoms with Gasteiger partial charge in [0.15, 0.2) is 17.7 Å². The number of hydrogen-bond acceptors (Lipinski definition) is 10. The molecule has 11 heteroatoms. The molecule has 1 aromatic heterocycles. The Morgan fingerprint density at radius 2 is 2.00 bits per heavy atom. The molecule has 1 fully saturated rings. The Hall–Kier alpha value is -1.50. The number of nitrogens with zero attached hydrogens (tertiary/aromatic N) is 2. The topological polar surface area (TPSA) is 154 Å². The summed E-state index contributed by atoms with van der Waals surface area (Å²) in [7, 11) is 1.46. The Balaban J connectivity index is 2.38. The Morgan fingerprint density at radius 1 is 1.33 bits per heavy atom. The SMILES string of the molecule is CSc1nc(N[C@H]2O[C@@H](CO)[C@@H](O)[C@@H](O)[C@H]2O)c(C=O)c(=O)n1C. The second kappa shape index (κ2) is 7.59. The van der Waals surface area contributed by atoms with Gasteiger partial charge < -0.3 is 30.5 Å². The van der Waals surface area contributed by atoms with Crippen molar-refractivity contribution in [3.63, 3.8) is 0 Å². The van der Waals surface area contributed by atoms with E-state index in [1.807, 2.05) is 0 Å². The van der Waals surface area contributed by atoms with Crippen LogP contribution in [0.2, 0.25) is 0 Å². The lowest BCUT2D eigenvalue weighted by atomic mass is 9.98. The zero-order valence-electron chi connectivity index (χ0n) is 13.0. The molecule has 0 unspecified atom stereocenters. The molecule has 24 heavy (non-hydrogen) atoms. The van der Waals surface area contributed by atoms with Gasteiger partial charge in [-0.25, -0.2) is 4.98 Å². The fraction of sp³-hybridized carbons (Fsp3) is 0.615. The van der Waals surface area contributed by atoms with Gasteiger partial charge >= 0.3 is 0 Å². The number of carbonyl (C=O) groups is 1. The molecule has 0 aliphatic carbocycles. The highest BCUT2D eigenvalue weighted by atomic mass is 32.2. The van der Waals surface area contributed by atoms with E-state index >= 15 is 0 Å². The van der Waals surface area contributed by atoms with Crippen molar-refractivity contribution in [2.45, 2.75) is 35.8 Å². The third-order valence-corrected chi connectivity index (χ3v) is 4.49. The maximum Gasteiger partial charge on any atom is 0.266 e. The number of aldehydes is 1. The summed E-state index contributed by atoms with van der Waals surface area (Å²) >= 11 is 1.17. The highest BCUT2D eigenvalue weighted by Crippen LogP contribution is 2.23. The minimum Gasteiger partial charge on any atom is -0.394 e. The van der Waals surface area contributed by atoms with E-state index in [1.165, 1.54) is 23.4 Å². The van der Waals surface area contributed by atoms with Crippen molar-refractivity contribution in [1.29, 1.82) is 0 Å². The van der Waals surface area contributed by atoms with Gasteiger partial charge in [0.1, 0.15) is 35.8 Å². The summed E-state index contributed by atoms with van der Waals surface area (Å²) < 4.78 is 6.49. The standard InChI is InChI=1S/C13H19N3O7S/c1-16-12(22)5(3-17)10(15-13(16)24-2)14-11-9(21)8(20)7(19)6(4-18)23-11/h3,6-9,11,14,18-21H,4H2,1-2H3/t6-,7+,8+,9+,11-/m0/s1. The van der Waals surface area contributed by atoms with Crippen LogP contribution < -0.4 is 10.9 Å². The molecule has 134 valence electrons. The fourth-order valence-electron chi connectivity index (χ4n) is 2.35. The minimum absolute atomic E-state index is 0.123. The second-order valence-electron chi connectivity index (χ2n) is 5.24. The lowest BCUT2D eigenvalue weighted by Gasteiger charge is -2.40. The van der Waals surface area contributed by atoms with Crippen molar-refractivity contribution >= 4 is 23.9 Å².